The van der Waals surface area contributed by atoms with Gasteiger partial charge in [0, 0.05) is 36.1 Å². The van der Waals surface area contributed by atoms with Gasteiger partial charge in [-0.25, -0.2) is 0 Å². The summed E-state index contributed by atoms with van der Waals surface area (Å²) in [5, 5.41) is 0.889. The summed E-state index contributed by atoms with van der Waals surface area (Å²) in [6, 6.07) is 12.9. The third kappa shape index (κ3) is 3.96. The number of amides is 3. The molecule has 0 fully saturated rings. The van der Waals surface area contributed by atoms with E-state index in [-0.39, 0.29) is 24.9 Å². The average Bonchev–Trinajstić information content (AvgIpc) is 3.28. The van der Waals surface area contributed by atoms with Crippen molar-refractivity contribution in [2.24, 2.45) is 0 Å². The minimum absolute atomic E-state index is 0.0307. The molecule has 0 bridgehead atoms. The van der Waals surface area contributed by atoms with Crippen LogP contribution in [-0.2, 0) is 16.1 Å². The summed E-state index contributed by atoms with van der Waals surface area (Å²) in [7, 11) is 4.75. The lowest BCUT2D eigenvalue weighted by molar-refractivity contribution is -0.139. The predicted octanol–water partition coefficient (Wildman–Crippen LogP) is 2.97. The predicted molar refractivity (Wildman–Crippen MR) is 133 cm³/mol. The van der Waals surface area contributed by atoms with E-state index in [9.17, 15) is 14.4 Å². The van der Waals surface area contributed by atoms with E-state index >= 15 is 0 Å². The van der Waals surface area contributed by atoms with Gasteiger partial charge in [0.1, 0.15) is 36.0 Å². The van der Waals surface area contributed by atoms with E-state index in [0.717, 1.165) is 26.9 Å². The summed E-state index contributed by atoms with van der Waals surface area (Å²) in [4.78, 5) is 41.7. The Morgan fingerprint density at radius 3 is 2.33 bits per heavy atom. The third-order valence-electron chi connectivity index (χ3n) is 6.76. The van der Waals surface area contributed by atoms with Crippen molar-refractivity contribution in [2.45, 2.75) is 13.0 Å². The molecule has 9 nitrogen and oxygen atoms in total. The highest BCUT2D eigenvalue weighted by molar-refractivity contribution is 6.11. The molecule has 0 aliphatic carbocycles. The van der Waals surface area contributed by atoms with Gasteiger partial charge in [-0.1, -0.05) is 24.3 Å². The molecule has 3 aromatic rings. The summed E-state index contributed by atoms with van der Waals surface area (Å²) in [6.07, 6.45) is 2.52. The van der Waals surface area contributed by atoms with Gasteiger partial charge in [-0.3, -0.25) is 19.3 Å². The number of carbonyl (C=O) groups is 3. The van der Waals surface area contributed by atoms with Crippen molar-refractivity contribution < 1.29 is 28.6 Å². The molecule has 1 aromatic heterocycles. The molecule has 36 heavy (non-hydrogen) atoms. The Kier molecular flexibility index (Phi) is 6.13. The van der Waals surface area contributed by atoms with Gasteiger partial charge in [-0.05, 0) is 24.1 Å². The molecule has 186 valence electrons. The molecule has 2 aliphatic rings. The highest BCUT2D eigenvalue weighted by Crippen LogP contribution is 2.40. The fraction of sp³-hybridized carbons (Fsp3) is 0.296. The van der Waals surface area contributed by atoms with Gasteiger partial charge in [0.15, 0.2) is 0 Å². The Balaban J connectivity index is 1.32. The van der Waals surface area contributed by atoms with Crippen LogP contribution in [0, 0.1) is 0 Å². The van der Waals surface area contributed by atoms with Crippen LogP contribution in [0.1, 0.15) is 22.5 Å². The zero-order valence-corrected chi connectivity index (χ0v) is 20.4. The normalized spacial score (nSPS) is 15.6. The monoisotopic (exact) mass is 489 g/mol. The standard InChI is InChI=1S/C27H27N3O6/c1-34-19-13-22(35-2)26(23(14-19)36-3)17-8-10-28(11-9-17)24(31)15-30-25(32)16-29-20-7-5-4-6-18(20)12-21(29)27(30)33/h4-8,12-14H,9-11,15-16H2,1-3H3. The Morgan fingerprint density at radius 1 is 0.972 bits per heavy atom. The molecule has 2 aromatic carbocycles. The van der Waals surface area contributed by atoms with Crippen LogP contribution in [0.2, 0.25) is 0 Å². The number of aromatic nitrogens is 1. The van der Waals surface area contributed by atoms with E-state index in [1.807, 2.05) is 30.3 Å². The van der Waals surface area contributed by atoms with Crippen molar-refractivity contribution in [3.63, 3.8) is 0 Å². The molecule has 0 atom stereocenters. The molecule has 9 heteroatoms. The second-order valence-electron chi connectivity index (χ2n) is 8.69. The summed E-state index contributed by atoms with van der Waals surface area (Å²) in [6.45, 7) is 0.545. The summed E-state index contributed by atoms with van der Waals surface area (Å²) >= 11 is 0. The van der Waals surface area contributed by atoms with Gasteiger partial charge in [-0.2, -0.15) is 0 Å². The van der Waals surface area contributed by atoms with Crippen molar-refractivity contribution in [1.82, 2.24) is 14.4 Å². The SMILES string of the molecule is COc1cc(OC)c(C2=CCN(C(=O)CN3C(=O)Cn4c(cc5ccccc54)C3=O)CC2)c(OC)c1. The number of ether oxygens (including phenoxy) is 3. The minimum Gasteiger partial charge on any atom is -0.496 e. The lowest BCUT2D eigenvalue weighted by Gasteiger charge is -2.31. The first kappa shape index (κ1) is 23.5. The van der Waals surface area contributed by atoms with Crippen LogP contribution in [0.25, 0.3) is 16.5 Å². The first-order valence-corrected chi connectivity index (χ1v) is 11.6. The summed E-state index contributed by atoms with van der Waals surface area (Å²) in [5.74, 6) is 0.759. The van der Waals surface area contributed by atoms with Crippen LogP contribution < -0.4 is 14.2 Å². The molecule has 3 heterocycles. The molecule has 3 amide bonds. The largest absolute Gasteiger partial charge is 0.496 e. The number of rotatable bonds is 6. The Morgan fingerprint density at radius 2 is 1.69 bits per heavy atom. The van der Waals surface area contributed by atoms with E-state index in [2.05, 4.69) is 0 Å². The summed E-state index contributed by atoms with van der Waals surface area (Å²) in [5.41, 5.74) is 3.06. The lowest BCUT2D eigenvalue weighted by Crippen LogP contribution is -2.50. The number of benzene rings is 2. The molecule has 2 aliphatic heterocycles. The quantitative estimate of drug-likeness (QED) is 0.495. The first-order chi connectivity index (χ1) is 17.4. The lowest BCUT2D eigenvalue weighted by atomic mass is 9.97. The zero-order chi connectivity index (χ0) is 25.4. The van der Waals surface area contributed by atoms with E-state index in [4.69, 9.17) is 14.2 Å². The fourth-order valence-corrected chi connectivity index (χ4v) is 4.87. The second kappa shape index (κ2) is 9.41. The second-order valence-corrected chi connectivity index (χ2v) is 8.69. The number of fused-ring (bicyclic) bond motifs is 3. The Hall–Kier alpha value is -4.27. The minimum atomic E-state index is -0.447. The van der Waals surface area contributed by atoms with Crippen LogP contribution in [0.5, 0.6) is 17.2 Å². The van der Waals surface area contributed by atoms with Crippen molar-refractivity contribution in [1.29, 1.82) is 0 Å². The number of hydrogen-bond donors (Lipinski definition) is 0. The van der Waals surface area contributed by atoms with Crippen LogP contribution >= 0.6 is 0 Å². The van der Waals surface area contributed by atoms with Gasteiger partial charge in [0.2, 0.25) is 11.8 Å². The van der Waals surface area contributed by atoms with Crippen LogP contribution in [0.4, 0.5) is 0 Å². The average molecular weight is 490 g/mol. The van der Waals surface area contributed by atoms with E-state index < -0.39 is 5.91 Å². The van der Waals surface area contributed by atoms with Crippen molar-refractivity contribution in [3.8, 4) is 17.2 Å². The van der Waals surface area contributed by atoms with E-state index in [0.29, 0.717) is 42.5 Å². The molecule has 0 N–H and O–H groups in total. The number of para-hydroxylation sites is 1. The number of carbonyl (C=O) groups excluding carboxylic acids is 3. The molecular weight excluding hydrogens is 462 g/mol. The first-order valence-electron chi connectivity index (χ1n) is 11.6. The smallest absolute Gasteiger partial charge is 0.277 e. The maximum Gasteiger partial charge on any atom is 0.277 e. The number of hydrogen-bond acceptors (Lipinski definition) is 6. The molecule has 0 spiro atoms. The highest BCUT2D eigenvalue weighted by atomic mass is 16.5. The van der Waals surface area contributed by atoms with Gasteiger partial charge < -0.3 is 23.7 Å². The highest BCUT2D eigenvalue weighted by Gasteiger charge is 2.35. The van der Waals surface area contributed by atoms with Gasteiger partial charge in [0.05, 0.1) is 26.9 Å². The molecule has 0 saturated carbocycles. The van der Waals surface area contributed by atoms with E-state index in [1.54, 1.807) is 49.0 Å². The Labute approximate surface area is 208 Å². The van der Waals surface area contributed by atoms with Gasteiger partial charge >= 0.3 is 0 Å². The van der Waals surface area contributed by atoms with Crippen LogP contribution in [0.3, 0.4) is 0 Å². The third-order valence-corrected chi connectivity index (χ3v) is 6.76. The van der Waals surface area contributed by atoms with Crippen LogP contribution in [0.15, 0.2) is 48.5 Å². The number of imide groups is 1. The Bertz CT molecular complexity index is 1380. The fourth-order valence-electron chi connectivity index (χ4n) is 4.87. The molecular formula is C27H27N3O6. The zero-order valence-electron chi connectivity index (χ0n) is 20.4. The molecule has 5 rings (SSSR count). The molecule has 0 saturated heterocycles. The maximum atomic E-state index is 13.1. The van der Waals surface area contributed by atoms with Crippen molar-refractivity contribution >= 4 is 34.2 Å². The number of methoxy groups -OCH3 is 3. The van der Waals surface area contributed by atoms with Crippen molar-refractivity contribution in [2.75, 3.05) is 41.0 Å². The van der Waals surface area contributed by atoms with Crippen LogP contribution in [-0.4, -0.2) is 73.1 Å². The topological polar surface area (TPSA) is 90.3 Å². The summed E-state index contributed by atoms with van der Waals surface area (Å²) < 4.78 is 18.2. The van der Waals surface area contributed by atoms with Gasteiger partial charge in [0.25, 0.3) is 5.91 Å². The maximum absolute atomic E-state index is 13.1. The molecule has 0 unspecified atom stereocenters. The van der Waals surface area contributed by atoms with Crippen molar-refractivity contribution in [3.05, 3.63) is 59.8 Å². The molecule has 0 radical (unpaired) electrons. The number of nitrogens with zero attached hydrogens (tertiary/aromatic N) is 3. The van der Waals surface area contributed by atoms with Gasteiger partial charge in [-0.15, -0.1) is 0 Å². The van der Waals surface area contributed by atoms with E-state index in [1.165, 1.54) is 0 Å².